The molecule has 2 heterocycles. The lowest BCUT2D eigenvalue weighted by molar-refractivity contribution is -0.113. The van der Waals surface area contributed by atoms with Crippen molar-refractivity contribution >= 4 is 39.3 Å². The molecule has 1 fully saturated rings. The van der Waals surface area contributed by atoms with E-state index in [0.717, 1.165) is 11.3 Å². The second-order valence-electron chi connectivity index (χ2n) is 9.64. The van der Waals surface area contributed by atoms with Crippen molar-refractivity contribution in [3.05, 3.63) is 95.6 Å². The van der Waals surface area contributed by atoms with E-state index in [1.54, 1.807) is 4.57 Å². The van der Waals surface area contributed by atoms with Crippen LogP contribution in [0.5, 0.6) is 0 Å². The molecule has 2 amide bonds. The number of ether oxygens (including phenoxy) is 1. The van der Waals surface area contributed by atoms with Gasteiger partial charge in [-0.25, -0.2) is 12.8 Å². The largest absolute Gasteiger partial charge is 0.379 e. The van der Waals surface area contributed by atoms with Gasteiger partial charge in [0.2, 0.25) is 15.9 Å². The summed E-state index contributed by atoms with van der Waals surface area (Å²) < 4.78 is 47.3. The maximum absolute atomic E-state index is 13.2. The third-order valence-electron chi connectivity index (χ3n) is 6.55. The van der Waals surface area contributed by atoms with Crippen LogP contribution in [0.15, 0.2) is 82.8 Å². The maximum Gasteiger partial charge on any atom is 0.251 e. The normalized spacial score (nSPS) is 13.9. The number of nitrogens with zero attached hydrogens (tertiary/aromatic N) is 4. The lowest BCUT2D eigenvalue weighted by atomic mass is 10.2. The van der Waals surface area contributed by atoms with Gasteiger partial charge in [-0.1, -0.05) is 23.9 Å². The molecule has 43 heavy (non-hydrogen) atoms. The fraction of sp³-hybridized carbons (Fsp3) is 0.241. The number of morpholine rings is 1. The highest BCUT2D eigenvalue weighted by atomic mass is 32.2. The van der Waals surface area contributed by atoms with Crippen LogP contribution in [0.4, 0.5) is 10.1 Å². The molecule has 0 unspecified atom stereocenters. The van der Waals surface area contributed by atoms with Crippen molar-refractivity contribution in [3.63, 3.8) is 0 Å². The van der Waals surface area contributed by atoms with E-state index in [9.17, 15) is 22.4 Å². The van der Waals surface area contributed by atoms with Crippen molar-refractivity contribution in [2.75, 3.05) is 37.4 Å². The number of amides is 2. The van der Waals surface area contributed by atoms with E-state index in [-0.39, 0.29) is 41.8 Å². The summed E-state index contributed by atoms with van der Waals surface area (Å²) in [7, 11) is -3.67. The molecule has 224 valence electrons. The molecule has 0 saturated carbocycles. The molecule has 1 aliphatic rings. The van der Waals surface area contributed by atoms with Crippen LogP contribution in [0.2, 0.25) is 0 Å². The Kier molecular flexibility index (Phi) is 9.50. The van der Waals surface area contributed by atoms with Gasteiger partial charge in [0.1, 0.15) is 5.82 Å². The Morgan fingerprint density at radius 3 is 2.42 bits per heavy atom. The molecular formula is C29H29FN6O5S2. The fourth-order valence-corrected chi connectivity index (χ4v) is 6.55. The predicted molar refractivity (Wildman–Crippen MR) is 159 cm³/mol. The van der Waals surface area contributed by atoms with Crippen LogP contribution in [0.1, 0.15) is 21.7 Å². The number of thioether (sulfide) groups is 1. The number of aromatic nitrogens is 3. The van der Waals surface area contributed by atoms with Gasteiger partial charge in [-0.15, -0.1) is 10.2 Å². The summed E-state index contributed by atoms with van der Waals surface area (Å²) in [6, 6.07) is 18.9. The number of carbonyl (C=O) groups excluding carboxylic acids is 2. The third kappa shape index (κ3) is 7.46. The minimum absolute atomic E-state index is 0.0212. The predicted octanol–water partition coefficient (Wildman–Crippen LogP) is 3.40. The minimum atomic E-state index is -3.67. The van der Waals surface area contributed by atoms with Crippen LogP contribution < -0.4 is 10.6 Å². The number of nitrogens with one attached hydrogen (secondary N) is 2. The molecule has 4 aromatic rings. The van der Waals surface area contributed by atoms with Crippen LogP contribution in [-0.2, 0) is 26.1 Å². The highest BCUT2D eigenvalue weighted by molar-refractivity contribution is 7.99. The first-order valence-corrected chi connectivity index (χ1v) is 15.8. The van der Waals surface area contributed by atoms with Gasteiger partial charge >= 0.3 is 0 Å². The van der Waals surface area contributed by atoms with Gasteiger partial charge in [0.05, 0.1) is 30.4 Å². The topological polar surface area (TPSA) is 136 Å². The summed E-state index contributed by atoms with van der Waals surface area (Å²) in [5, 5.41) is 14.5. The van der Waals surface area contributed by atoms with E-state index in [1.807, 2.05) is 31.2 Å². The lowest BCUT2D eigenvalue weighted by Gasteiger charge is -2.26. The number of hydrogen-bond donors (Lipinski definition) is 2. The van der Waals surface area contributed by atoms with Gasteiger partial charge in [0.25, 0.3) is 5.91 Å². The van der Waals surface area contributed by atoms with E-state index >= 15 is 0 Å². The van der Waals surface area contributed by atoms with Gasteiger partial charge in [0.15, 0.2) is 11.0 Å². The fourth-order valence-electron chi connectivity index (χ4n) is 4.37. The van der Waals surface area contributed by atoms with Crippen LogP contribution in [0.3, 0.4) is 0 Å². The number of hydrogen-bond acceptors (Lipinski definition) is 8. The van der Waals surface area contributed by atoms with Crippen LogP contribution in [0.25, 0.3) is 5.69 Å². The van der Waals surface area contributed by atoms with Gasteiger partial charge < -0.3 is 15.4 Å². The first kappa shape index (κ1) is 30.4. The van der Waals surface area contributed by atoms with Crippen molar-refractivity contribution in [1.29, 1.82) is 0 Å². The summed E-state index contributed by atoms with van der Waals surface area (Å²) in [5.41, 5.74) is 2.52. The highest BCUT2D eigenvalue weighted by Crippen LogP contribution is 2.24. The Labute approximate surface area is 252 Å². The summed E-state index contributed by atoms with van der Waals surface area (Å²) in [6.45, 7) is 3.22. The van der Waals surface area contributed by atoms with Crippen molar-refractivity contribution in [3.8, 4) is 5.69 Å². The molecule has 2 N–H and O–H groups in total. The number of halogens is 1. The summed E-state index contributed by atoms with van der Waals surface area (Å²) >= 11 is 1.17. The Balaban J connectivity index is 1.27. The molecule has 0 spiro atoms. The number of rotatable bonds is 10. The van der Waals surface area contributed by atoms with Crippen molar-refractivity contribution in [2.45, 2.75) is 23.5 Å². The van der Waals surface area contributed by atoms with Gasteiger partial charge in [-0.2, -0.15) is 4.31 Å². The lowest BCUT2D eigenvalue weighted by Crippen LogP contribution is -2.40. The van der Waals surface area contributed by atoms with E-state index in [4.69, 9.17) is 4.74 Å². The second kappa shape index (κ2) is 13.5. The van der Waals surface area contributed by atoms with E-state index in [0.29, 0.717) is 29.9 Å². The quantitative estimate of drug-likeness (QED) is 0.257. The SMILES string of the molecule is Cc1cccc(-n2c(CNC(=O)c3ccc(S(=O)(=O)N4CCOCC4)cc3)nnc2SCC(=O)Nc2ccc(F)cc2)c1. The molecule has 0 aliphatic carbocycles. The molecule has 0 radical (unpaired) electrons. The number of sulfonamides is 1. The molecule has 3 aromatic carbocycles. The summed E-state index contributed by atoms with van der Waals surface area (Å²) in [5.74, 6) is -0.654. The van der Waals surface area contributed by atoms with Crippen molar-refractivity contribution in [1.82, 2.24) is 24.4 Å². The third-order valence-corrected chi connectivity index (χ3v) is 9.39. The summed E-state index contributed by atoms with van der Waals surface area (Å²) in [4.78, 5) is 25.6. The number of aryl methyl sites for hydroxylation is 1. The van der Waals surface area contributed by atoms with Gasteiger partial charge in [-0.05, 0) is 73.2 Å². The molecule has 14 heteroatoms. The molecule has 0 atom stereocenters. The molecular weight excluding hydrogens is 595 g/mol. The van der Waals surface area contributed by atoms with E-state index in [1.165, 1.54) is 64.6 Å². The van der Waals surface area contributed by atoms with Crippen molar-refractivity contribution in [2.24, 2.45) is 0 Å². The maximum atomic E-state index is 13.2. The van der Waals surface area contributed by atoms with E-state index in [2.05, 4.69) is 20.8 Å². The zero-order chi connectivity index (χ0) is 30.4. The molecule has 0 bridgehead atoms. The standard InChI is InChI=1S/C29H29FN6O5S2/c1-20-3-2-4-24(17-20)36-26(33-34-29(36)42-19-27(37)32-23-9-7-22(30)8-10-23)18-31-28(38)21-5-11-25(12-6-21)43(39,40)35-13-15-41-16-14-35/h2-12,17H,13-16,18-19H2,1H3,(H,31,38)(H,32,37). The highest BCUT2D eigenvalue weighted by Gasteiger charge is 2.26. The Hall–Kier alpha value is -4.11. The second-order valence-corrected chi connectivity index (χ2v) is 12.5. The Bertz CT molecular complexity index is 1710. The monoisotopic (exact) mass is 624 g/mol. The van der Waals surface area contributed by atoms with Gasteiger partial charge in [0, 0.05) is 30.0 Å². The molecule has 1 aromatic heterocycles. The average molecular weight is 625 g/mol. The Morgan fingerprint density at radius 2 is 1.72 bits per heavy atom. The van der Waals surface area contributed by atoms with Crippen LogP contribution >= 0.6 is 11.8 Å². The first-order valence-electron chi connectivity index (χ1n) is 13.4. The van der Waals surface area contributed by atoms with E-state index < -0.39 is 21.7 Å². The molecule has 5 rings (SSSR count). The summed E-state index contributed by atoms with van der Waals surface area (Å²) in [6.07, 6.45) is 0. The average Bonchev–Trinajstić information content (AvgIpc) is 3.43. The molecule has 1 aliphatic heterocycles. The number of carbonyl (C=O) groups is 2. The zero-order valence-electron chi connectivity index (χ0n) is 23.2. The molecule has 1 saturated heterocycles. The zero-order valence-corrected chi connectivity index (χ0v) is 24.8. The Morgan fingerprint density at radius 1 is 1.00 bits per heavy atom. The smallest absolute Gasteiger partial charge is 0.251 e. The molecule has 11 nitrogen and oxygen atoms in total. The van der Waals surface area contributed by atoms with Crippen LogP contribution in [0, 0.1) is 12.7 Å². The van der Waals surface area contributed by atoms with Crippen LogP contribution in [-0.4, -0.2) is 71.4 Å². The number of anilines is 1. The first-order chi connectivity index (χ1) is 20.7. The minimum Gasteiger partial charge on any atom is -0.379 e. The van der Waals surface area contributed by atoms with Crippen molar-refractivity contribution < 1.29 is 27.1 Å². The van der Waals surface area contributed by atoms with Gasteiger partial charge in [-0.3, -0.25) is 14.2 Å². The number of benzene rings is 3.